The number of nitrogens with zero attached hydrogens (tertiary/aromatic N) is 3. The smallest absolute Gasteiger partial charge is 0.246 e. The first-order valence-corrected chi connectivity index (χ1v) is 6.78. The van der Waals surface area contributed by atoms with Crippen molar-refractivity contribution in [2.75, 3.05) is 5.32 Å². The summed E-state index contributed by atoms with van der Waals surface area (Å²) >= 11 is 1.31. The van der Waals surface area contributed by atoms with Crippen LogP contribution < -0.4 is 5.32 Å². The molecule has 3 aromatic rings. The molecule has 7 heteroatoms. The Morgan fingerprint density at radius 3 is 3.00 bits per heavy atom. The molecule has 1 N–H and O–H groups in total. The van der Waals surface area contributed by atoms with Crippen molar-refractivity contribution in [3.8, 4) is 0 Å². The normalized spacial score (nSPS) is 10.9. The van der Waals surface area contributed by atoms with Gasteiger partial charge in [0.1, 0.15) is 17.4 Å². The zero-order valence-corrected chi connectivity index (χ0v) is 11.4. The molecule has 0 aliphatic carbocycles. The standard InChI is InChI=1S/C13H11FN4OS/c1-8-16-17-13(20-8)15-12(19)7-18-5-4-9-2-3-10(14)6-11(9)18/h2-6H,7H2,1H3,(H,15,17,19). The van der Waals surface area contributed by atoms with E-state index in [1.54, 1.807) is 16.8 Å². The zero-order valence-electron chi connectivity index (χ0n) is 10.6. The summed E-state index contributed by atoms with van der Waals surface area (Å²) in [6.07, 6.45) is 1.76. The van der Waals surface area contributed by atoms with Crippen LogP contribution in [0.2, 0.25) is 0 Å². The number of halogens is 1. The molecule has 0 unspecified atom stereocenters. The van der Waals surface area contributed by atoms with Crippen LogP contribution in [0.3, 0.4) is 0 Å². The number of hydrogen-bond acceptors (Lipinski definition) is 4. The lowest BCUT2D eigenvalue weighted by Crippen LogP contribution is -2.18. The number of nitrogens with one attached hydrogen (secondary N) is 1. The molecule has 0 aliphatic rings. The van der Waals surface area contributed by atoms with E-state index in [1.165, 1.54) is 23.5 Å². The molecule has 20 heavy (non-hydrogen) atoms. The third kappa shape index (κ3) is 2.53. The van der Waals surface area contributed by atoms with Crippen LogP contribution in [-0.4, -0.2) is 20.7 Å². The highest BCUT2D eigenvalue weighted by atomic mass is 32.1. The number of anilines is 1. The monoisotopic (exact) mass is 290 g/mol. The largest absolute Gasteiger partial charge is 0.338 e. The summed E-state index contributed by atoms with van der Waals surface area (Å²) in [5, 5.41) is 12.5. The number of carbonyl (C=O) groups is 1. The van der Waals surface area contributed by atoms with E-state index >= 15 is 0 Å². The van der Waals surface area contributed by atoms with Gasteiger partial charge in [-0.1, -0.05) is 11.3 Å². The van der Waals surface area contributed by atoms with Crippen LogP contribution in [0.15, 0.2) is 30.5 Å². The molecule has 102 valence electrons. The molecule has 0 saturated heterocycles. The fourth-order valence-electron chi connectivity index (χ4n) is 1.96. The minimum absolute atomic E-state index is 0.103. The van der Waals surface area contributed by atoms with E-state index in [1.807, 2.05) is 13.0 Å². The number of hydrogen-bond donors (Lipinski definition) is 1. The molecule has 0 aliphatic heterocycles. The van der Waals surface area contributed by atoms with E-state index < -0.39 is 0 Å². The van der Waals surface area contributed by atoms with E-state index in [2.05, 4.69) is 15.5 Å². The van der Waals surface area contributed by atoms with Crippen molar-refractivity contribution in [2.24, 2.45) is 0 Å². The maximum atomic E-state index is 13.3. The van der Waals surface area contributed by atoms with Crippen molar-refractivity contribution >= 4 is 33.3 Å². The second kappa shape index (κ2) is 5.01. The summed E-state index contributed by atoms with van der Waals surface area (Å²) in [7, 11) is 0. The van der Waals surface area contributed by atoms with Crippen LogP contribution in [0.4, 0.5) is 9.52 Å². The predicted molar refractivity (Wildman–Crippen MR) is 75.2 cm³/mol. The quantitative estimate of drug-likeness (QED) is 0.806. The van der Waals surface area contributed by atoms with Gasteiger partial charge in [-0.15, -0.1) is 10.2 Å². The maximum absolute atomic E-state index is 13.3. The summed E-state index contributed by atoms with van der Waals surface area (Å²) in [6, 6.07) is 6.35. The van der Waals surface area contributed by atoms with E-state index in [4.69, 9.17) is 0 Å². The van der Waals surface area contributed by atoms with Crippen LogP contribution in [0.25, 0.3) is 10.9 Å². The number of fused-ring (bicyclic) bond motifs is 1. The molecular weight excluding hydrogens is 279 g/mol. The van der Waals surface area contributed by atoms with Crippen molar-refractivity contribution in [3.05, 3.63) is 41.3 Å². The molecule has 1 aromatic carbocycles. The second-order valence-electron chi connectivity index (χ2n) is 4.32. The van der Waals surface area contributed by atoms with Crippen LogP contribution in [0.1, 0.15) is 5.01 Å². The minimum atomic E-state index is -0.322. The number of rotatable bonds is 3. The van der Waals surface area contributed by atoms with E-state index in [9.17, 15) is 9.18 Å². The number of amides is 1. The SMILES string of the molecule is Cc1nnc(NC(=O)Cn2ccc3ccc(F)cc32)s1. The van der Waals surface area contributed by atoms with Gasteiger partial charge in [0, 0.05) is 6.20 Å². The molecule has 0 atom stereocenters. The molecule has 0 radical (unpaired) electrons. The topological polar surface area (TPSA) is 59.8 Å². The third-order valence-electron chi connectivity index (χ3n) is 2.82. The average Bonchev–Trinajstić information content (AvgIpc) is 2.97. The Hall–Kier alpha value is -2.28. The Bertz CT molecular complexity index is 780. The van der Waals surface area contributed by atoms with E-state index in [0.717, 1.165) is 10.4 Å². The fourth-order valence-corrected chi connectivity index (χ4v) is 2.56. The van der Waals surface area contributed by atoms with Crippen molar-refractivity contribution < 1.29 is 9.18 Å². The Balaban J connectivity index is 1.79. The highest BCUT2D eigenvalue weighted by Crippen LogP contribution is 2.18. The van der Waals surface area contributed by atoms with Gasteiger partial charge in [-0.3, -0.25) is 10.1 Å². The highest BCUT2D eigenvalue weighted by molar-refractivity contribution is 7.15. The molecule has 3 rings (SSSR count). The van der Waals surface area contributed by atoms with Gasteiger partial charge in [0.25, 0.3) is 0 Å². The molecule has 0 bridgehead atoms. The average molecular weight is 290 g/mol. The third-order valence-corrected chi connectivity index (χ3v) is 3.58. The summed E-state index contributed by atoms with van der Waals surface area (Å²) < 4.78 is 14.9. The summed E-state index contributed by atoms with van der Waals surface area (Å²) in [5.74, 6) is -0.541. The molecule has 2 heterocycles. The predicted octanol–water partition coefficient (Wildman–Crippen LogP) is 2.58. The van der Waals surface area contributed by atoms with Gasteiger partial charge in [0.05, 0.1) is 5.52 Å². The molecule has 0 saturated carbocycles. The first-order valence-electron chi connectivity index (χ1n) is 5.96. The number of benzene rings is 1. The Kier molecular flexibility index (Phi) is 3.19. The van der Waals surface area contributed by atoms with Crippen molar-refractivity contribution in [2.45, 2.75) is 13.5 Å². The molecule has 2 aromatic heterocycles. The van der Waals surface area contributed by atoms with Gasteiger partial charge >= 0.3 is 0 Å². The first-order chi connectivity index (χ1) is 9.61. The maximum Gasteiger partial charge on any atom is 0.246 e. The van der Waals surface area contributed by atoms with Gasteiger partial charge in [0.2, 0.25) is 11.0 Å². The second-order valence-corrected chi connectivity index (χ2v) is 5.50. The van der Waals surface area contributed by atoms with Gasteiger partial charge < -0.3 is 4.57 Å². The lowest BCUT2D eigenvalue weighted by molar-refractivity contribution is -0.116. The van der Waals surface area contributed by atoms with Crippen LogP contribution in [0, 0.1) is 12.7 Å². The van der Waals surface area contributed by atoms with Crippen molar-refractivity contribution in [1.29, 1.82) is 0 Å². The van der Waals surface area contributed by atoms with Crippen molar-refractivity contribution in [3.63, 3.8) is 0 Å². The molecule has 0 spiro atoms. The number of aromatic nitrogens is 3. The minimum Gasteiger partial charge on any atom is -0.338 e. The van der Waals surface area contributed by atoms with Gasteiger partial charge in [-0.2, -0.15) is 0 Å². The van der Waals surface area contributed by atoms with E-state index in [0.29, 0.717) is 10.6 Å². The van der Waals surface area contributed by atoms with Gasteiger partial charge in [0.15, 0.2) is 0 Å². The molecular formula is C13H11FN4OS. The lowest BCUT2D eigenvalue weighted by atomic mass is 10.2. The zero-order chi connectivity index (χ0) is 14.1. The Morgan fingerprint density at radius 2 is 2.25 bits per heavy atom. The van der Waals surface area contributed by atoms with Crippen molar-refractivity contribution in [1.82, 2.24) is 14.8 Å². The lowest BCUT2D eigenvalue weighted by Gasteiger charge is -2.05. The molecule has 0 fully saturated rings. The summed E-state index contributed by atoms with van der Waals surface area (Å²) in [6.45, 7) is 1.92. The molecule has 5 nitrogen and oxygen atoms in total. The first kappa shape index (κ1) is 12.7. The summed E-state index contributed by atoms with van der Waals surface area (Å²) in [4.78, 5) is 11.9. The number of aryl methyl sites for hydroxylation is 1. The Morgan fingerprint density at radius 1 is 1.40 bits per heavy atom. The van der Waals surface area contributed by atoms with Gasteiger partial charge in [-0.05, 0) is 36.6 Å². The van der Waals surface area contributed by atoms with Crippen LogP contribution >= 0.6 is 11.3 Å². The highest BCUT2D eigenvalue weighted by Gasteiger charge is 2.09. The van der Waals surface area contributed by atoms with E-state index in [-0.39, 0.29) is 18.3 Å². The van der Waals surface area contributed by atoms with Crippen LogP contribution in [-0.2, 0) is 11.3 Å². The Labute approximate surface area is 118 Å². The van der Waals surface area contributed by atoms with Crippen LogP contribution in [0.5, 0.6) is 0 Å². The summed E-state index contributed by atoms with van der Waals surface area (Å²) in [5.41, 5.74) is 0.689. The molecule has 1 amide bonds. The fraction of sp³-hybridized carbons (Fsp3) is 0.154. The number of carbonyl (C=O) groups excluding carboxylic acids is 1. The van der Waals surface area contributed by atoms with Gasteiger partial charge in [-0.25, -0.2) is 4.39 Å².